The van der Waals surface area contributed by atoms with Crippen molar-refractivity contribution >= 4 is 17.7 Å². The van der Waals surface area contributed by atoms with Gasteiger partial charge in [-0.25, -0.2) is 0 Å². The number of nitrogens with zero attached hydrogens (tertiary/aromatic N) is 1. The van der Waals surface area contributed by atoms with Crippen LogP contribution in [0.5, 0.6) is 0 Å². The van der Waals surface area contributed by atoms with Crippen molar-refractivity contribution in [3.8, 4) is 0 Å². The lowest BCUT2D eigenvalue weighted by Crippen LogP contribution is -2.48. The van der Waals surface area contributed by atoms with E-state index in [9.17, 15) is 4.79 Å². The molecule has 1 aromatic rings. The van der Waals surface area contributed by atoms with Crippen LogP contribution in [0.15, 0.2) is 35.2 Å². The number of thioether (sulfide) groups is 1. The zero-order chi connectivity index (χ0) is 12.1. The first kappa shape index (κ1) is 12.5. The summed E-state index contributed by atoms with van der Waals surface area (Å²) in [5.41, 5.74) is 0. The highest BCUT2D eigenvalue weighted by atomic mass is 32.2. The van der Waals surface area contributed by atoms with Crippen LogP contribution in [-0.2, 0) is 4.79 Å². The molecule has 3 nitrogen and oxygen atoms in total. The molecule has 1 saturated heterocycles. The molecule has 1 N–H and O–H groups in total. The van der Waals surface area contributed by atoms with E-state index in [0.29, 0.717) is 0 Å². The van der Waals surface area contributed by atoms with E-state index in [0.717, 1.165) is 31.1 Å². The third kappa shape index (κ3) is 3.48. The lowest BCUT2D eigenvalue weighted by atomic mass is 10.3. The van der Waals surface area contributed by atoms with E-state index >= 15 is 0 Å². The average Bonchev–Trinajstić information content (AvgIpc) is 2.40. The second-order valence-corrected chi connectivity index (χ2v) is 5.56. The van der Waals surface area contributed by atoms with Crippen molar-refractivity contribution in [1.29, 1.82) is 0 Å². The van der Waals surface area contributed by atoms with Crippen molar-refractivity contribution in [1.82, 2.24) is 10.2 Å². The monoisotopic (exact) mass is 250 g/mol. The van der Waals surface area contributed by atoms with Gasteiger partial charge in [-0.3, -0.25) is 4.79 Å². The lowest BCUT2D eigenvalue weighted by molar-refractivity contribution is -0.130. The molecule has 1 aliphatic rings. The topological polar surface area (TPSA) is 32.3 Å². The van der Waals surface area contributed by atoms with Gasteiger partial charge in [-0.2, -0.15) is 0 Å². The van der Waals surface area contributed by atoms with Crippen molar-refractivity contribution in [2.75, 3.05) is 26.2 Å². The Labute approximate surface area is 107 Å². The Kier molecular flexibility index (Phi) is 4.45. The smallest absolute Gasteiger partial charge is 0.235 e. The van der Waals surface area contributed by atoms with Gasteiger partial charge in [0.05, 0.1) is 5.25 Å². The summed E-state index contributed by atoms with van der Waals surface area (Å²) in [4.78, 5) is 15.3. The average molecular weight is 250 g/mol. The maximum Gasteiger partial charge on any atom is 0.235 e. The third-order valence-electron chi connectivity index (χ3n) is 2.83. The molecule has 92 valence electrons. The van der Waals surface area contributed by atoms with Crippen molar-refractivity contribution in [3.05, 3.63) is 30.3 Å². The Morgan fingerprint density at radius 1 is 1.29 bits per heavy atom. The summed E-state index contributed by atoms with van der Waals surface area (Å²) in [6.07, 6.45) is 0. The fraction of sp³-hybridized carbons (Fsp3) is 0.462. The summed E-state index contributed by atoms with van der Waals surface area (Å²) in [7, 11) is 0. The molecule has 0 saturated carbocycles. The molecule has 4 heteroatoms. The summed E-state index contributed by atoms with van der Waals surface area (Å²) < 4.78 is 0. The molecule has 0 aliphatic carbocycles. The highest BCUT2D eigenvalue weighted by Gasteiger charge is 2.22. The van der Waals surface area contributed by atoms with Gasteiger partial charge in [0.2, 0.25) is 5.91 Å². The predicted molar refractivity (Wildman–Crippen MR) is 71.2 cm³/mol. The van der Waals surface area contributed by atoms with Crippen LogP contribution in [0.1, 0.15) is 6.92 Å². The van der Waals surface area contributed by atoms with E-state index in [1.54, 1.807) is 11.8 Å². The molecule has 1 amide bonds. The largest absolute Gasteiger partial charge is 0.339 e. The summed E-state index contributed by atoms with van der Waals surface area (Å²) in [6, 6.07) is 10.1. The standard InChI is InChI=1S/C13H18N2OS/c1-11(17-12-5-3-2-4-6-12)13(16)15-9-7-14-8-10-15/h2-6,11,14H,7-10H2,1H3. The molecular formula is C13H18N2OS. The minimum Gasteiger partial charge on any atom is -0.339 e. The number of hydrogen-bond acceptors (Lipinski definition) is 3. The number of benzene rings is 1. The first-order valence-corrected chi connectivity index (χ1v) is 6.86. The number of rotatable bonds is 3. The molecule has 1 aliphatic heterocycles. The molecule has 1 heterocycles. The van der Waals surface area contributed by atoms with Crippen LogP contribution in [0.3, 0.4) is 0 Å². The Morgan fingerprint density at radius 2 is 1.94 bits per heavy atom. The number of amides is 1. The van der Waals surface area contributed by atoms with Gasteiger partial charge in [-0.05, 0) is 19.1 Å². The fourth-order valence-electron chi connectivity index (χ4n) is 1.90. The molecule has 1 atom stereocenters. The molecule has 0 radical (unpaired) electrons. The van der Waals surface area contributed by atoms with Crippen LogP contribution in [-0.4, -0.2) is 42.2 Å². The van der Waals surface area contributed by atoms with E-state index < -0.39 is 0 Å². The maximum atomic E-state index is 12.2. The highest BCUT2D eigenvalue weighted by Crippen LogP contribution is 2.24. The molecule has 1 unspecified atom stereocenters. The number of hydrogen-bond donors (Lipinski definition) is 1. The number of piperazine rings is 1. The lowest BCUT2D eigenvalue weighted by Gasteiger charge is -2.29. The Hall–Kier alpha value is -1.00. The van der Waals surface area contributed by atoms with Crippen LogP contribution in [0.25, 0.3) is 0 Å². The summed E-state index contributed by atoms with van der Waals surface area (Å²) in [5.74, 6) is 0.250. The Balaban J connectivity index is 1.90. The SMILES string of the molecule is CC(Sc1ccccc1)C(=O)N1CCNCC1. The molecule has 2 rings (SSSR count). The number of nitrogens with one attached hydrogen (secondary N) is 1. The normalized spacial score (nSPS) is 17.8. The number of carbonyl (C=O) groups is 1. The molecule has 1 aromatic carbocycles. The van der Waals surface area contributed by atoms with E-state index in [-0.39, 0.29) is 11.2 Å². The van der Waals surface area contributed by atoms with Gasteiger partial charge in [0.15, 0.2) is 0 Å². The van der Waals surface area contributed by atoms with Gasteiger partial charge >= 0.3 is 0 Å². The summed E-state index contributed by atoms with van der Waals surface area (Å²) in [6.45, 7) is 5.47. The molecule has 1 fully saturated rings. The van der Waals surface area contributed by atoms with E-state index in [1.807, 2.05) is 42.2 Å². The third-order valence-corrected chi connectivity index (χ3v) is 3.93. The molecule has 0 spiro atoms. The zero-order valence-corrected chi connectivity index (χ0v) is 10.9. The van der Waals surface area contributed by atoms with Crippen LogP contribution in [0.4, 0.5) is 0 Å². The van der Waals surface area contributed by atoms with Crippen molar-refractivity contribution in [3.63, 3.8) is 0 Å². The van der Waals surface area contributed by atoms with Crippen LogP contribution >= 0.6 is 11.8 Å². The van der Waals surface area contributed by atoms with E-state index in [4.69, 9.17) is 0 Å². The molecule has 0 bridgehead atoms. The summed E-state index contributed by atoms with van der Waals surface area (Å²) in [5, 5.41) is 3.25. The quantitative estimate of drug-likeness (QED) is 0.827. The molecule has 17 heavy (non-hydrogen) atoms. The Morgan fingerprint density at radius 3 is 2.59 bits per heavy atom. The van der Waals surface area contributed by atoms with Gasteiger partial charge in [-0.15, -0.1) is 11.8 Å². The second kappa shape index (κ2) is 6.07. The zero-order valence-electron chi connectivity index (χ0n) is 10.1. The maximum absolute atomic E-state index is 12.2. The van der Waals surface area contributed by atoms with Crippen LogP contribution < -0.4 is 5.32 Å². The van der Waals surface area contributed by atoms with E-state index in [2.05, 4.69) is 5.32 Å². The fourth-order valence-corrected chi connectivity index (χ4v) is 2.87. The summed E-state index contributed by atoms with van der Waals surface area (Å²) >= 11 is 1.63. The van der Waals surface area contributed by atoms with Gasteiger partial charge in [0.25, 0.3) is 0 Å². The van der Waals surface area contributed by atoms with Gasteiger partial charge < -0.3 is 10.2 Å². The minimum atomic E-state index is -0.00417. The van der Waals surface area contributed by atoms with Crippen molar-refractivity contribution in [2.45, 2.75) is 17.1 Å². The predicted octanol–water partition coefficient (Wildman–Crippen LogP) is 1.60. The van der Waals surface area contributed by atoms with Crippen molar-refractivity contribution in [2.24, 2.45) is 0 Å². The highest BCUT2D eigenvalue weighted by molar-refractivity contribution is 8.00. The first-order valence-electron chi connectivity index (χ1n) is 5.98. The van der Waals surface area contributed by atoms with Crippen LogP contribution in [0, 0.1) is 0 Å². The van der Waals surface area contributed by atoms with Crippen LogP contribution in [0.2, 0.25) is 0 Å². The molecular weight excluding hydrogens is 232 g/mol. The number of carbonyl (C=O) groups excluding carboxylic acids is 1. The van der Waals surface area contributed by atoms with E-state index in [1.165, 1.54) is 0 Å². The second-order valence-electron chi connectivity index (χ2n) is 4.15. The van der Waals surface area contributed by atoms with Gasteiger partial charge in [0.1, 0.15) is 0 Å². The van der Waals surface area contributed by atoms with Gasteiger partial charge in [-0.1, -0.05) is 18.2 Å². The minimum absolute atomic E-state index is 0.00417. The van der Waals surface area contributed by atoms with Crippen molar-refractivity contribution < 1.29 is 4.79 Å². The first-order chi connectivity index (χ1) is 8.27. The molecule has 0 aromatic heterocycles. The Bertz CT molecular complexity index is 363. The van der Waals surface area contributed by atoms with Gasteiger partial charge in [0, 0.05) is 31.1 Å².